The third-order valence-corrected chi connectivity index (χ3v) is 3.83. The highest BCUT2D eigenvalue weighted by Crippen LogP contribution is 2.21. The molecule has 1 aromatic heterocycles. The zero-order valence-electron chi connectivity index (χ0n) is 12.3. The van der Waals surface area contributed by atoms with Gasteiger partial charge in [-0.25, -0.2) is 4.98 Å². The molecule has 0 aliphatic rings. The maximum absolute atomic E-state index is 5.76. The largest absolute Gasteiger partial charge is 0.469 e. The fraction of sp³-hybridized carbons (Fsp3) is 0.438. The van der Waals surface area contributed by atoms with Crippen molar-refractivity contribution in [1.29, 1.82) is 0 Å². The second kappa shape index (κ2) is 6.86. The number of ether oxygens (including phenoxy) is 1. The first kappa shape index (κ1) is 15.0. The van der Waals surface area contributed by atoms with Gasteiger partial charge in [-0.1, -0.05) is 55.5 Å². The van der Waals surface area contributed by atoms with E-state index >= 15 is 0 Å². The Morgan fingerprint density at radius 2 is 2.00 bits per heavy atom. The predicted octanol–water partition coefficient (Wildman–Crippen LogP) is 3.65. The van der Waals surface area contributed by atoms with Crippen molar-refractivity contribution in [3.63, 3.8) is 0 Å². The van der Waals surface area contributed by atoms with Crippen molar-refractivity contribution in [2.75, 3.05) is 13.2 Å². The Morgan fingerprint density at radius 3 is 2.65 bits per heavy atom. The summed E-state index contributed by atoms with van der Waals surface area (Å²) >= 11 is 1.56. The Hall–Kier alpha value is -1.39. The lowest BCUT2D eigenvalue weighted by molar-refractivity contribution is 0.175. The molecule has 0 saturated carbocycles. The topological polar surface area (TPSA) is 34.1 Å². The van der Waals surface area contributed by atoms with Crippen LogP contribution in [-0.2, 0) is 6.54 Å². The third kappa shape index (κ3) is 4.94. The number of nitrogens with zero attached hydrogens (tertiary/aromatic N) is 1. The van der Waals surface area contributed by atoms with Crippen LogP contribution < -0.4 is 10.1 Å². The molecule has 20 heavy (non-hydrogen) atoms. The number of rotatable bonds is 7. The number of hydrogen-bond acceptors (Lipinski definition) is 4. The van der Waals surface area contributed by atoms with Crippen LogP contribution in [-0.4, -0.2) is 18.1 Å². The molecule has 0 spiro atoms. The number of nitrogens with one attached hydrogen (secondary N) is 1. The molecule has 1 N–H and O–H groups in total. The van der Waals surface area contributed by atoms with E-state index in [0.29, 0.717) is 6.61 Å². The molecule has 0 aliphatic heterocycles. The molecule has 0 atom stereocenters. The molecule has 0 bridgehead atoms. The standard InChI is InChI=1S/C16H22N2OS/c1-13-10-20-15(18-13)19-12-16(2,3)11-17-9-14-7-5-4-6-8-14/h4-8,10,17H,9,11-12H2,1-3H3. The smallest absolute Gasteiger partial charge is 0.273 e. The van der Waals surface area contributed by atoms with Gasteiger partial charge in [0, 0.05) is 23.9 Å². The molecule has 0 unspecified atom stereocenters. The van der Waals surface area contributed by atoms with E-state index in [9.17, 15) is 0 Å². The lowest BCUT2D eigenvalue weighted by Crippen LogP contribution is -2.34. The van der Waals surface area contributed by atoms with E-state index in [1.54, 1.807) is 11.3 Å². The number of thiazole rings is 1. The summed E-state index contributed by atoms with van der Waals surface area (Å²) in [6, 6.07) is 10.4. The molecule has 0 fully saturated rings. The van der Waals surface area contributed by atoms with Gasteiger partial charge in [0.05, 0.1) is 12.3 Å². The zero-order valence-corrected chi connectivity index (χ0v) is 13.2. The highest BCUT2D eigenvalue weighted by atomic mass is 32.1. The van der Waals surface area contributed by atoms with Crippen molar-refractivity contribution in [1.82, 2.24) is 10.3 Å². The molecule has 0 amide bonds. The lowest BCUT2D eigenvalue weighted by atomic mass is 9.95. The van der Waals surface area contributed by atoms with Gasteiger partial charge in [0.1, 0.15) is 0 Å². The van der Waals surface area contributed by atoms with Crippen LogP contribution in [0.15, 0.2) is 35.7 Å². The Morgan fingerprint density at radius 1 is 1.25 bits per heavy atom. The van der Waals surface area contributed by atoms with Gasteiger partial charge in [0.15, 0.2) is 0 Å². The maximum atomic E-state index is 5.76. The van der Waals surface area contributed by atoms with Crippen LogP contribution >= 0.6 is 11.3 Å². The van der Waals surface area contributed by atoms with Crippen LogP contribution in [0.3, 0.4) is 0 Å². The molecule has 108 valence electrons. The molecule has 0 saturated heterocycles. The maximum Gasteiger partial charge on any atom is 0.273 e. The summed E-state index contributed by atoms with van der Waals surface area (Å²) in [5, 5.41) is 6.26. The van der Waals surface area contributed by atoms with E-state index in [2.05, 4.69) is 48.4 Å². The fourth-order valence-electron chi connectivity index (χ4n) is 1.85. The molecule has 2 rings (SSSR count). The van der Waals surface area contributed by atoms with Crippen LogP contribution in [0.2, 0.25) is 0 Å². The van der Waals surface area contributed by atoms with E-state index in [1.807, 2.05) is 18.4 Å². The Balaban J connectivity index is 1.73. The van der Waals surface area contributed by atoms with E-state index in [0.717, 1.165) is 24.0 Å². The van der Waals surface area contributed by atoms with Gasteiger partial charge in [-0.2, -0.15) is 0 Å². The second-order valence-corrected chi connectivity index (χ2v) is 6.62. The quantitative estimate of drug-likeness (QED) is 0.845. The van der Waals surface area contributed by atoms with Crippen molar-refractivity contribution in [3.05, 3.63) is 47.0 Å². The first-order valence-corrected chi connectivity index (χ1v) is 7.73. The first-order valence-electron chi connectivity index (χ1n) is 6.85. The van der Waals surface area contributed by atoms with Crippen molar-refractivity contribution in [2.24, 2.45) is 5.41 Å². The van der Waals surface area contributed by atoms with Crippen LogP contribution in [0.4, 0.5) is 0 Å². The monoisotopic (exact) mass is 290 g/mol. The first-order chi connectivity index (χ1) is 9.55. The second-order valence-electron chi connectivity index (χ2n) is 5.80. The van der Waals surface area contributed by atoms with Gasteiger partial charge in [-0.15, -0.1) is 0 Å². The third-order valence-electron chi connectivity index (χ3n) is 2.96. The minimum atomic E-state index is 0.0777. The van der Waals surface area contributed by atoms with Gasteiger partial charge in [0.25, 0.3) is 5.19 Å². The summed E-state index contributed by atoms with van der Waals surface area (Å²) in [6.45, 7) is 8.85. The zero-order chi connectivity index (χ0) is 14.4. The Bertz CT molecular complexity index is 522. The molecular formula is C16H22N2OS. The predicted molar refractivity (Wildman–Crippen MR) is 84.3 cm³/mol. The molecule has 1 heterocycles. The lowest BCUT2D eigenvalue weighted by Gasteiger charge is -2.24. The minimum Gasteiger partial charge on any atom is -0.469 e. The van der Waals surface area contributed by atoms with Gasteiger partial charge >= 0.3 is 0 Å². The van der Waals surface area contributed by atoms with Crippen LogP contribution in [0.5, 0.6) is 5.19 Å². The van der Waals surface area contributed by atoms with Gasteiger partial charge < -0.3 is 10.1 Å². The van der Waals surface area contributed by atoms with Crippen molar-refractivity contribution < 1.29 is 4.74 Å². The number of hydrogen-bond donors (Lipinski definition) is 1. The molecule has 4 heteroatoms. The summed E-state index contributed by atoms with van der Waals surface area (Å²) in [7, 11) is 0. The van der Waals surface area contributed by atoms with E-state index in [-0.39, 0.29) is 5.41 Å². The fourth-order valence-corrected chi connectivity index (χ4v) is 2.50. The van der Waals surface area contributed by atoms with Crippen LogP contribution in [0.25, 0.3) is 0 Å². The van der Waals surface area contributed by atoms with E-state index < -0.39 is 0 Å². The molecule has 2 aromatic rings. The molecule has 3 nitrogen and oxygen atoms in total. The minimum absolute atomic E-state index is 0.0777. The summed E-state index contributed by atoms with van der Waals surface area (Å²) in [5.74, 6) is 0. The summed E-state index contributed by atoms with van der Waals surface area (Å²) in [6.07, 6.45) is 0. The normalized spacial score (nSPS) is 11.6. The number of aromatic nitrogens is 1. The Kier molecular flexibility index (Phi) is 5.15. The highest BCUT2D eigenvalue weighted by molar-refractivity contribution is 7.11. The summed E-state index contributed by atoms with van der Waals surface area (Å²) < 4.78 is 5.76. The number of benzene rings is 1. The van der Waals surface area contributed by atoms with Gasteiger partial charge in [-0.3, -0.25) is 0 Å². The van der Waals surface area contributed by atoms with Crippen molar-refractivity contribution in [3.8, 4) is 5.19 Å². The van der Waals surface area contributed by atoms with Crippen LogP contribution in [0.1, 0.15) is 25.1 Å². The number of aryl methyl sites for hydroxylation is 1. The average Bonchev–Trinajstić information content (AvgIpc) is 2.84. The van der Waals surface area contributed by atoms with Gasteiger partial charge in [0.2, 0.25) is 0 Å². The van der Waals surface area contributed by atoms with Gasteiger partial charge in [-0.05, 0) is 12.5 Å². The van der Waals surface area contributed by atoms with E-state index in [4.69, 9.17) is 4.74 Å². The SMILES string of the molecule is Cc1csc(OCC(C)(C)CNCc2ccccc2)n1. The van der Waals surface area contributed by atoms with Crippen LogP contribution in [0, 0.1) is 12.3 Å². The molecule has 1 aromatic carbocycles. The molecular weight excluding hydrogens is 268 g/mol. The molecule has 0 aliphatic carbocycles. The van der Waals surface area contributed by atoms with E-state index in [1.165, 1.54) is 5.56 Å². The summed E-state index contributed by atoms with van der Waals surface area (Å²) in [4.78, 5) is 4.32. The summed E-state index contributed by atoms with van der Waals surface area (Å²) in [5.41, 5.74) is 2.40. The van der Waals surface area contributed by atoms with Crippen molar-refractivity contribution in [2.45, 2.75) is 27.3 Å². The Labute approximate surface area is 125 Å². The highest BCUT2D eigenvalue weighted by Gasteiger charge is 2.19. The molecule has 0 radical (unpaired) electrons. The van der Waals surface area contributed by atoms with Crippen molar-refractivity contribution >= 4 is 11.3 Å². The average molecular weight is 290 g/mol.